The van der Waals surface area contributed by atoms with Crippen molar-refractivity contribution in [1.29, 1.82) is 5.26 Å². The van der Waals surface area contributed by atoms with E-state index in [9.17, 15) is 9.18 Å². The first kappa shape index (κ1) is 19.4. The maximum absolute atomic E-state index is 14.9. The lowest BCUT2D eigenvalue weighted by Gasteiger charge is -2.30. The number of hydrogen-bond donors (Lipinski definition) is 3. The van der Waals surface area contributed by atoms with Crippen molar-refractivity contribution in [2.24, 2.45) is 5.92 Å². The molecule has 1 amide bonds. The van der Waals surface area contributed by atoms with E-state index in [1.165, 1.54) is 24.7 Å². The summed E-state index contributed by atoms with van der Waals surface area (Å²) in [5.74, 6) is -0.575. The first-order valence-corrected chi connectivity index (χ1v) is 9.33. The van der Waals surface area contributed by atoms with E-state index < -0.39 is 11.9 Å². The second-order valence-corrected chi connectivity index (χ2v) is 7.32. The molecule has 0 unspecified atom stereocenters. The van der Waals surface area contributed by atoms with Crippen LogP contribution in [-0.2, 0) is 0 Å². The highest BCUT2D eigenvalue weighted by molar-refractivity contribution is 5.97. The predicted molar refractivity (Wildman–Crippen MR) is 110 cm³/mol. The second-order valence-electron chi connectivity index (χ2n) is 7.32. The Morgan fingerprint density at radius 3 is 2.77 bits per heavy atom. The number of aromatic nitrogens is 2. The Balaban J connectivity index is 1.64. The zero-order chi connectivity index (χ0) is 21.4. The van der Waals surface area contributed by atoms with E-state index in [-0.39, 0.29) is 29.1 Å². The number of amides is 1. The maximum Gasteiger partial charge on any atom is 0.414 e. The summed E-state index contributed by atoms with van der Waals surface area (Å²) in [5, 5.41) is 12.4. The van der Waals surface area contributed by atoms with Gasteiger partial charge < -0.3 is 21.5 Å². The standard InChI is InChI=1S/C21H19FN6O2/c1-10-15(7-26-9-17(10)24)14-4-12-5-18(27-8-16(12)20(25)19(14)22)30-21(29)28-13-2-11(3-13)6-23/h4-5,7-9,11,13H,2-3,24-25H2,1H3,(H,28,29). The van der Waals surface area contributed by atoms with E-state index in [4.69, 9.17) is 21.5 Å². The molecule has 30 heavy (non-hydrogen) atoms. The van der Waals surface area contributed by atoms with Crippen molar-refractivity contribution in [3.05, 3.63) is 42.1 Å². The molecule has 0 atom stereocenters. The van der Waals surface area contributed by atoms with Gasteiger partial charge in [0.1, 0.15) is 0 Å². The van der Waals surface area contributed by atoms with Crippen molar-refractivity contribution in [3.8, 4) is 23.1 Å². The molecule has 4 rings (SSSR count). The molecule has 3 aromatic rings. The third-order valence-electron chi connectivity index (χ3n) is 5.36. The molecule has 8 nitrogen and oxygen atoms in total. The van der Waals surface area contributed by atoms with Crippen LogP contribution >= 0.6 is 0 Å². The summed E-state index contributed by atoms with van der Waals surface area (Å²) in [7, 11) is 0. The minimum atomic E-state index is -0.658. The number of rotatable bonds is 3. The molecule has 1 aromatic carbocycles. The molecule has 152 valence electrons. The van der Waals surface area contributed by atoms with Gasteiger partial charge >= 0.3 is 6.09 Å². The molecular weight excluding hydrogens is 387 g/mol. The van der Waals surface area contributed by atoms with Crippen molar-refractivity contribution >= 4 is 28.2 Å². The summed E-state index contributed by atoms with van der Waals surface area (Å²) in [6.07, 6.45) is 4.92. The third kappa shape index (κ3) is 3.43. The van der Waals surface area contributed by atoms with Crippen LogP contribution in [0.4, 0.5) is 20.6 Å². The van der Waals surface area contributed by atoms with E-state index in [1.54, 1.807) is 13.0 Å². The molecule has 2 heterocycles. The predicted octanol–water partition coefficient (Wildman–Crippen LogP) is 3.30. The lowest BCUT2D eigenvalue weighted by molar-refractivity contribution is 0.180. The van der Waals surface area contributed by atoms with Crippen LogP contribution in [0.2, 0.25) is 0 Å². The van der Waals surface area contributed by atoms with Gasteiger partial charge in [-0.25, -0.2) is 14.2 Å². The van der Waals surface area contributed by atoms with Crippen molar-refractivity contribution in [3.63, 3.8) is 0 Å². The molecule has 0 radical (unpaired) electrons. The zero-order valence-electron chi connectivity index (χ0n) is 16.1. The average Bonchev–Trinajstić information content (AvgIpc) is 2.69. The number of benzene rings is 1. The number of nitrogens with two attached hydrogens (primary N) is 2. The molecule has 1 aliphatic carbocycles. The van der Waals surface area contributed by atoms with E-state index in [0.717, 1.165) is 0 Å². The Kier molecular flexibility index (Phi) is 4.83. The number of nitrogens with zero attached hydrogens (tertiary/aromatic N) is 3. The molecule has 1 fully saturated rings. The van der Waals surface area contributed by atoms with E-state index in [1.807, 2.05) is 0 Å². The Bertz CT molecular complexity index is 1200. The molecule has 0 saturated heterocycles. The summed E-state index contributed by atoms with van der Waals surface area (Å²) < 4.78 is 20.2. The fourth-order valence-electron chi connectivity index (χ4n) is 3.47. The molecule has 0 spiro atoms. The number of nitrogens with one attached hydrogen (secondary N) is 1. The lowest BCUT2D eigenvalue weighted by atomic mass is 9.81. The van der Waals surface area contributed by atoms with Gasteiger partial charge in [-0.1, -0.05) is 0 Å². The Labute approximate surface area is 171 Å². The van der Waals surface area contributed by atoms with E-state index in [2.05, 4.69) is 21.4 Å². The molecule has 0 aliphatic heterocycles. The molecular formula is C21H19FN6O2. The molecule has 1 aliphatic rings. The first-order chi connectivity index (χ1) is 14.4. The Morgan fingerprint density at radius 1 is 1.27 bits per heavy atom. The molecule has 9 heteroatoms. The SMILES string of the molecule is Cc1c(N)cncc1-c1cc2cc(OC(=O)NC3CC(C#N)C3)ncc2c(N)c1F. The zero-order valence-corrected chi connectivity index (χ0v) is 16.1. The summed E-state index contributed by atoms with van der Waals surface area (Å²) in [6, 6.07) is 5.18. The minimum Gasteiger partial charge on any atom is -0.397 e. The minimum absolute atomic E-state index is 0.0321. The number of pyridine rings is 2. The van der Waals surface area contributed by atoms with E-state index in [0.29, 0.717) is 40.4 Å². The highest BCUT2D eigenvalue weighted by Gasteiger charge is 2.30. The first-order valence-electron chi connectivity index (χ1n) is 9.33. The molecule has 5 N–H and O–H groups in total. The Morgan fingerprint density at radius 2 is 2.03 bits per heavy atom. The van der Waals surface area contributed by atoms with Crippen molar-refractivity contribution in [2.75, 3.05) is 11.5 Å². The summed E-state index contributed by atoms with van der Waals surface area (Å²) in [5.41, 5.74) is 13.7. The van der Waals surface area contributed by atoms with Crippen LogP contribution in [0.5, 0.6) is 5.88 Å². The fourth-order valence-corrected chi connectivity index (χ4v) is 3.47. The van der Waals surface area contributed by atoms with Crippen LogP contribution in [0.15, 0.2) is 30.7 Å². The maximum atomic E-state index is 14.9. The fraction of sp³-hybridized carbons (Fsp3) is 0.238. The number of ether oxygens (including phenoxy) is 1. The van der Waals surface area contributed by atoms with Gasteiger partial charge in [-0.3, -0.25) is 4.98 Å². The number of halogens is 1. The average molecular weight is 406 g/mol. The topological polar surface area (TPSA) is 140 Å². The second kappa shape index (κ2) is 7.48. The quantitative estimate of drug-likeness (QED) is 0.567. The number of carbonyl (C=O) groups is 1. The summed E-state index contributed by atoms with van der Waals surface area (Å²) >= 11 is 0. The number of nitriles is 1. The Hall–Kier alpha value is -3.93. The number of fused-ring (bicyclic) bond motifs is 1. The number of hydrogen-bond acceptors (Lipinski definition) is 7. The van der Waals surface area contributed by atoms with E-state index >= 15 is 0 Å². The van der Waals surface area contributed by atoms with Gasteiger partial charge in [0.2, 0.25) is 5.88 Å². The summed E-state index contributed by atoms with van der Waals surface area (Å²) in [4.78, 5) is 20.2. The van der Waals surface area contributed by atoms with Crippen LogP contribution in [0.1, 0.15) is 18.4 Å². The van der Waals surface area contributed by atoms with Crippen LogP contribution in [0.25, 0.3) is 21.9 Å². The largest absolute Gasteiger partial charge is 0.414 e. The van der Waals surface area contributed by atoms with Gasteiger partial charge in [-0.15, -0.1) is 0 Å². The van der Waals surface area contributed by atoms with Crippen LogP contribution in [0.3, 0.4) is 0 Å². The van der Waals surface area contributed by atoms with Gasteiger partial charge in [-0.2, -0.15) is 5.26 Å². The number of anilines is 2. The number of nitrogen functional groups attached to an aromatic ring is 2. The van der Waals surface area contributed by atoms with Crippen LogP contribution in [-0.4, -0.2) is 22.1 Å². The van der Waals surface area contributed by atoms with Gasteiger partial charge in [0, 0.05) is 41.0 Å². The van der Waals surface area contributed by atoms with Crippen LogP contribution in [0, 0.1) is 30.0 Å². The monoisotopic (exact) mass is 406 g/mol. The lowest BCUT2D eigenvalue weighted by Crippen LogP contribution is -2.45. The van der Waals surface area contributed by atoms with Gasteiger partial charge in [0.15, 0.2) is 5.82 Å². The van der Waals surface area contributed by atoms with Crippen LogP contribution < -0.4 is 21.5 Å². The molecule has 0 bridgehead atoms. The van der Waals surface area contributed by atoms with Crippen molar-refractivity contribution < 1.29 is 13.9 Å². The summed E-state index contributed by atoms with van der Waals surface area (Å²) in [6.45, 7) is 1.77. The normalized spacial score (nSPS) is 17.8. The van der Waals surface area contributed by atoms with Crippen molar-refractivity contribution in [1.82, 2.24) is 15.3 Å². The van der Waals surface area contributed by atoms with Crippen molar-refractivity contribution in [2.45, 2.75) is 25.8 Å². The van der Waals surface area contributed by atoms with Gasteiger partial charge in [-0.05, 0) is 36.8 Å². The third-order valence-corrected chi connectivity index (χ3v) is 5.36. The molecule has 2 aromatic heterocycles. The highest BCUT2D eigenvalue weighted by Crippen LogP contribution is 2.36. The highest BCUT2D eigenvalue weighted by atomic mass is 19.1. The molecule has 1 saturated carbocycles. The van der Waals surface area contributed by atoms with Gasteiger partial charge in [0.05, 0.1) is 29.6 Å². The van der Waals surface area contributed by atoms with Gasteiger partial charge in [0.25, 0.3) is 0 Å². The number of carbonyl (C=O) groups excluding carboxylic acids is 1. The smallest absolute Gasteiger partial charge is 0.397 e.